The van der Waals surface area contributed by atoms with Gasteiger partial charge in [0.2, 0.25) is 0 Å². The third kappa shape index (κ3) is 2.58. The highest BCUT2D eigenvalue weighted by Crippen LogP contribution is 2.46. The number of likely N-dealkylation sites (tertiary alicyclic amines) is 1. The first-order valence-corrected chi connectivity index (χ1v) is 6.43. The van der Waals surface area contributed by atoms with Crippen LogP contribution in [-0.2, 0) is 4.79 Å². The average Bonchev–Trinajstić information content (AvgIpc) is 2.85. The van der Waals surface area contributed by atoms with E-state index in [0.717, 1.165) is 12.8 Å². The number of carbonyl (C=O) groups is 1. The summed E-state index contributed by atoms with van der Waals surface area (Å²) in [5, 5.41) is 19.1. The molecule has 2 N–H and O–H groups in total. The van der Waals surface area contributed by atoms with Gasteiger partial charge in [-0.25, -0.2) is 0 Å². The lowest BCUT2D eigenvalue weighted by atomic mass is 9.86. The van der Waals surface area contributed by atoms with Crippen molar-refractivity contribution in [1.82, 2.24) is 4.90 Å². The predicted molar refractivity (Wildman–Crippen MR) is 60.6 cm³/mol. The van der Waals surface area contributed by atoms with Gasteiger partial charge in [0.1, 0.15) is 0 Å². The zero-order valence-corrected chi connectivity index (χ0v) is 10.5. The minimum absolute atomic E-state index is 0.0636. The second kappa shape index (κ2) is 4.63. The lowest BCUT2D eigenvalue weighted by Gasteiger charge is -2.31. The largest absolute Gasteiger partial charge is 0.481 e. The molecule has 0 aromatic rings. The maximum absolute atomic E-state index is 13.0. The van der Waals surface area contributed by atoms with Crippen molar-refractivity contribution < 1.29 is 28.2 Å². The highest BCUT2D eigenvalue weighted by molar-refractivity contribution is 5.76. The van der Waals surface area contributed by atoms with Crippen LogP contribution in [0, 0.1) is 5.41 Å². The molecule has 4 nitrogen and oxygen atoms in total. The molecule has 1 unspecified atom stereocenters. The van der Waals surface area contributed by atoms with Crippen LogP contribution in [0.2, 0.25) is 0 Å². The van der Waals surface area contributed by atoms with Crippen molar-refractivity contribution in [2.24, 2.45) is 5.41 Å². The van der Waals surface area contributed by atoms with E-state index < -0.39 is 36.1 Å². The Morgan fingerprint density at radius 1 is 1.21 bits per heavy atom. The number of aliphatic hydroxyl groups is 1. The van der Waals surface area contributed by atoms with Crippen LogP contribution in [0.25, 0.3) is 0 Å². The molecule has 0 bridgehead atoms. The van der Waals surface area contributed by atoms with Crippen molar-refractivity contribution in [3.8, 4) is 0 Å². The second-order valence-corrected chi connectivity index (χ2v) is 5.78. The van der Waals surface area contributed by atoms with E-state index >= 15 is 0 Å². The molecule has 2 fully saturated rings. The molecule has 1 atom stereocenters. The number of β-amino-alcohol motifs (C(OH)–C–C–N with tert-alkyl or cyclic N) is 1. The number of alkyl halides is 3. The number of carboxylic acids is 1. The van der Waals surface area contributed by atoms with E-state index in [1.807, 2.05) is 0 Å². The van der Waals surface area contributed by atoms with Crippen molar-refractivity contribution in [3.05, 3.63) is 0 Å². The van der Waals surface area contributed by atoms with Crippen LogP contribution in [0.1, 0.15) is 32.1 Å². The summed E-state index contributed by atoms with van der Waals surface area (Å²) in [6, 6.07) is 0. The Labute approximate surface area is 109 Å². The van der Waals surface area contributed by atoms with Crippen molar-refractivity contribution in [2.75, 3.05) is 19.6 Å². The number of carboxylic acid groups (broad SMARTS) is 1. The maximum Gasteiger partial charge on any atom is 0.406 e. The SMILES string of the molecule is O=C(O)C1(C(F)(F)F)CCN(CC2(O)CCCC2)C1. The number of hydrogen-bond acceptors (Lipinski definition) is 3. The van der Waals surface area contributed by atoms with Gasteiger partial charge in [-0.1, -0.05) is 12.8 Å². The maximum atomic E-state index is 13.0. The minimum Gasteiger partial charge on any atom is -0.481 e. The van der Waals surface area contributed by atoms with Crippen molar-refractivity contribution in [1.29, 1.82) is 0 Å². The van der Waals surface area contributed by atoms with Crippen LogP contribution in [0.15, 0.2) is 0 Å². The summed E-state index contributed by atoms with van der Waals surface area (Å²) < 4.78 is 38.9. The number of hydrogen-bond donors (Lipinski definition) is 2. The summed E-state index contributed by atoms with van der Waals surface area (Å²) in [5.41, 5.74) is -3.62. The van der Waals surface area contributed by atoms with Crippen molar-refractivity contribution in [2.45, 2.75) is 43.9 Å². The molecular formula is C12H18F3NO3. The summed E-state index contributed by atoms with van der Waals surface area (Å²) in [6.07, 6.45) is -2.31. The van der Waals surface area contributed by atoms with Crippen LogP contribution in [0.3, 0.4) is 0 Å². The topological polar surface area (TPSA) is 60.8 Å². The smallest absolute Gasteiger partial charge is 0.406 e. The monoisotopic (exact) mass is 281 g/mol. The third-order valence-corrected chi connectivity index (χ3v) is 4.35. The molecule has 1 aliphatic heterocycles. The zero-order chi connectivity index (χ0) is 14.3. The Balaban J connectivity index is 2.07. The molecule has 0 aromatic heterocycles. The van der Waals surface area contributed by atoms with Gasteiger partial charge in [0.05, 0.1) is 5.60 Å². The van der Waals surface area contributed by atoms with E-state index in [1.54, 1.807) is 0 Å². The quantitative estimate of drug-likeness (QED) is 0.825. The number of nitrogens with zero attached hydrogens (tertiary/aromatic N) is 1. The summed E-state index contributed by atoms with van der Waals surface area (Å²) in [7, 11) is 0. The van der Waals surface area contributed by atoms with Gasteiger partial charge < -0.3 is 10.2 Å². The van der Waals surface area contributed by atoms with Crippen molar-refractivity contribution in [3.63, 3.8) is 0 Å². The molecule has 1 saturated carbocycles. The number of halogens is 3. The molecule has 1 aliphatic carbocycles. The van der Waals surface area contributed by atoms with Gasteiger partial charge in [-0.2, -0.15) is 13.2 Å². The van der Waals surface area contributed by atoms with Gasteiger partial charge in [-0.15, -0.1) is 0 Å². The molecule has 7 heteroatoms. The minimum atomic E-state index is -4.76. The highest BCUT2D eigenvalue weighted by Gasteiger charge is 2.63. The molecule has 1 saturated heterocycles. The fraction of sp³-hybridized carbons (Fsp3) is 0.917. The van der Waals surface area contributed by atoms with Crippen LogP contribution in [0.5, 0.6) is 0 Å². The fourth-order valence-corrected chi connectivity index (χ4v) is 3.16. The van der Waals surface area contributed by atoms with E-state index in [2.05, 4.69) is 0 Å². The molecule has 2 rings (SSSR count). The summed E-state index contributed by atoms with van der Waals surface area (Å²) in [4.78, 5) is 12.5. The molecule has 1 heterocycles. The normalized spacial score (nSPS) is 31.8. The fourth-order valence-electron chi connectivity index (χ4n) is 3.16. The molecule has 0 spiro atoms. The Bertz CT molecular complexity index is 366. The van der Waals surface area contributed by atoms with Crippen LogP contribution in [0.4, 0.5) is 13.2 Å². The van der Waals surface area contributed by atoms with E-state index in [1.165, 1.54) is 4.90 Å². The molecular weight excluding hydrogens is 263 g/mol. The molecule has 2 aliphatic rings. The Hall–Kier alpha value is -0.820. The molecule has 110 valence electrons. The highest BCUT2D eigenvalue weighted by atomic mass is 19.4. The first-order valence-electron chi connectivity index (χ1n) is 6.43. The lowest BCUT2D eigenvalue weighted by Crippen LogP contribution is -2.48. The van der Waals surface area contributed by atoms with E-state index in [0.29, 0.717) is 12.8 Å². The van der Waals surface area contributed by atoms with Crippen LogP contribution >= 0.6 is 0 Å². The molecule has 0 amide bonds. The van der Waals surface area contributed by atoms with Gasteiger partial charge in [-0.05, 0) is 25.8 Å². The molecule has 0 radical (unpaired) electrons. The summed E-state index contributed by atoms with van der Waals surface area (Å²) >= 11 is 0. The number of rotatable bonds is 3. The Morgan fingerprint density at radius 2 is 1.79 bits per heavy atom. The molecule has 0 aromatic carbocycles. The van der Waals surface area contributed by atoms with Gasteiger partial charge in [0, 0.05) is 13.1 Å². The first kappa shape index (κ1) is 14.6. The standard InChI is InChI=1S/C12H18F3NO3/c13-12(14,15)11(9(17)18)5-6-16(8-11)7-10(19)3-1-2-4-10/h19H,1-8H2,(H,17,18). The Kier molecular flexibility index (Phi) is 3.55. The first-order chi connectivity index (χ1) is 8.69. The van der Waals surface area contributed by atoms with E-state index in [9.17, 15) is 23.1 Å². The van der Waals surface area contributed by atoms with Crippen LogP contribution < -0.4 is 0 Å². The number of aliphatic carboxylic acids is 1. The van der Waals surface area contributed by atoms with Gasteiger partial charge in [0.25, 0.3) is 0 Å². The lowest BCUT2D eigenvalue weighted by molar-refractivity contribution is -0.228. The van der Waals surface area contributed by atoms with Gasteiger partial charge >= 0.3 is 12.1 Å². The average molecular weight is 281 g/mol. The second-order valence-electron chi connectivity index (χ2n) is 5.78. The van der Waals surface area contributed by atoms with Crippen molar-refractivity contribution >= 4 is 5.97 Å². The van der Waals surface area contributed by atoms with Crippen LogP contribution in [-0.4, -0.2) is 52.5 Å². The third-order valence-electron chi connectivity index (χ3n) is 4.35. The van der Waals surface area contributed by atoms with Gasteiger partial charge in [-0.3, -0.25) is 9.69 Å². The predicted octanol–water partition coefficient (Wildman–Crippen LogP) is 1.63. The summed E-state index contributed by atoms with van der Waals surface area (Å²) in [5.74, 6) is -1.82. The van der Waals surface area contributed by atoms with E-state index in [-0.39, 0.29) is 13.1 Å². The zero-order valence-electron chi connectivity index (χ0n) is 10.5. The van der Waals surface area contributed by atoms with E-state index in [4.69, 9.17) is 5.11 Å². The Morgan fingerprint density at radius 3 is 2.21 bits per heavy atom. The summed E-state index contributed by atoms with van der Waals surface area (Å²) in [6.45, 7) is -0.361. The molecule has 19 heavy (non-hydrogen) atoms. The van der Waals surface area contributed by atoms with Gasteiger partial charge in [0.15, 0.2) is 5.41 Å².